The van der Waals surface area contributed by atoms with Gasteiger partial charge in [-0.2, -0.15) is 26.3 Å². The van der Waals surface area contributed by atoms with E-state index in [0.29, 0.717) is 25.0 Å². The van der Waals surface area contributed by atoms with Crippen molar-refractivity contribution in [3.05, 3.63) is 34.9 Å². The third kappa shape index (κ3) is 5.84. The summed E-state index contributed by atoms with van der Waals surface area (Å²) in [5.41, 5.74) is -2.72. The minimum Gasteiger partial charge on any atom is -0.396 e. The minimum absolute atomic E-state index is 0.0200. The second-order valence-electron chi connectivity index (χ2n) is 5.06. The van der Waals surface area contributed by atoms with Crippen molar-refractivity contribution in [1.29, 1.82) is 0 Å². The fourth-order valence-corrected chi connectivity index (χ4v) is 1.91. The fraction of sp³-hybridized carbons (Fsp3) is 0.571. The smallest absolute Gasteiger partial charge is 0.396 e. The second kappa shape index (κ2) is 7.32. The number of alkyl halides is 6. The average molecular weight is 329 g/mol. The third-order valence-corrected chi connectivity index (χ3v) is 3.10. The van der Waals surface area contributed by atoms with Crippen LogP contribution in [0.2, 0.25) is 0 Å². The van der Waals surface area contributed by atoms with Gasteiger partial charge in [0.1, 0.15) is 0 Å². The minimum atomic E-state index is -4.83. The summed E-state index contributed by atoms with van der Waals surface area (Å²) in [6, 6.07) is 1.40. The van der Waals surface area contributed by atoms with Crippen molar-refractivity contribution in [2.24, 2.45) is 0 Å². The summed E-state index contributed by atoms with van der Waals surface area (Å²) in [5.74, 6) is 0. The lowest BCUT2D eigenvalue weighted by Gasteiger charge is -2.17. The first-order valence-corrected chi connectivity index (χ1v) is 6.66. The quantitative estimate of drug-likeness (QED) is 0.774. The SMILES string of the molecule is CC(CCCO)NCc1cc(C(F)(F)F)cc(C(F)(F)F)c1. The van der Waals surface area contributed by atoms with Gasteiger partial charge in [-0.25, -0.2) is 0 Å². The number of aliphatic hydroxyl groups excluding tert-OH is 1. The Bertz CT molecular complexity index is 451. The molecule has 0 radical (unpaired) electrons. The molecule has 0 aromatic heterocycles. The van der Waals surface area contributed by atoms with Crippen molar-refractivity contribution >= 4 is 0 Å². The van der Waals surface area contributed by atoms with Crippen molar-refractivity contribution in [2.75, 3.05) is 6.61 Å². The van der Waals surface area contributed by atoms with Crippen molar-refractivity contribution in [1.82, 2.24) is 5.32 Å². The Morgan fingerprint density at radius 2 is 1.50 bits per heavy atom. The molecule has 1 rings (SSSR count). The molecule has 0 heterocycles. The number of hydrogen-bond acceptors (Lipinski definition) is 2. The number of rotatable bonds is 6. The molecule has 0 saturated heterocycles. The Balaban J connectivity index is 2.94. The molecule has 126 valence electrons. The molecular formula is C14H17F6NO. The fourth-order valence-electron chi connectivity index (χ4n) is 1.91. The highest BCUT2D eigenvalue weighted by Gasteiger charge is 2.36. The van der Waals surface area contributed by atoms with Crippen LogP contribution in [-0.4, -0.2) is 17.8 Å². The van der Waals surface area contributed by atoms with Crippen LogP contribution in [0.25, 0.3) is 0 Å². The van der Waals surface area contributed by atoms with E-state index in [2.05, 4.69) is 5.32 Å². The highest BCUT2D eigenvalue weighted by atomic mass is 19.4. The van der Waals surface area contributed by atoms with Crippen molar-refractivity contribution in [3.8, 4) is 0 Å². The lowest BCUT2D eigenvalue weighted by atomic mass is 10.0. The maximum absolute atomic E-state index is 12.7. The van der Waals surface area contributed by atoms with Crippen LogP contribution in [0.5, 0.6) is 0 Å². The lowest BCUT2D eigenvalue weighted by molar-refractivity contribution is -0.143. The zero-order valence-electron chi connectivity index (χ0n) is 11.9. The van der Waals surface area contributed by atoms with Crippen molar-refractivity contribution < 1.29 is 31.4 Å². The maximum Gasteiger partial charge on any atom is 0.416 e. The second-order valence-corrected chi connectivity index (χ2v) is 5.06. The predicted octanol–water partition coefficient (Wildman–Crippen LogP) is 3.97. The number of halogens is 6. The molecule has 0 fully saturated rings. The van der Waals surface area contributed by atoms with Crippen LogP contribution in [0.4, 0.5) is 26.3 Å². The van der Waals surface area contributed by atoms with Crippen LogP contribution in [-0.2, 0) is 18.9 Å². The first kappa shape index (κ1) is 18.8. The summed E-state index contributed by atoms with van der Waals surface area (Å²) < 4.78 is 76.1. The summed E-state index contributed by atoms with van der Waals surface area (Å²) in [5, 5.41) is 11.5. The predicted molar refractivity (Wildman–Crippen MR) is 69.1 cm³/mol. The normalized spacial score (nSPS) is 14.2. The van der Waals surface area contributed by atoms with Gasteiger partial charge in [-0.3, -0.25) is 0 Å². The van der Waals surface area contributed by atoms with Gasteiger partial charge in [-0.05, 0) is 43.5 Å². The van der Waals surface area contributed by atoms with Crippen LogP contribution in [0, 0.1) is 0 Å². The van der Waals surface area contributed by atoms with E-state index in [1.165, 1.54) is 0 Å². The van der Waals surface area contributed by atoms with Gasteiger partial charge in [-0.1, -0.05) is 0 Å². The maximum atomic E-state index is 12.7. The van der Waals surface area contributed by atoms with Gasteiger partial charge in [-0.15, -0.1) is 0 Å². The van der Waals surface area contributed by atoms with E-state index >= 15 is 0 Å². The Hall–Kier alpha value is -1.28. The van der Waals surface area contributed by atoms with E-state index in [4.69, 9.17) is 5.11 Å². The first-order chi connectivity index (χ1) is 10.0. The van der Waals surface area contributed by atoms with Crippen LogP contribution in [0.1, 0.15) is 36.5 Å². The Kier molecular flexibility index (Phi) is 6.25. The summed E-state index contributed by atoms with van der Waals surface area (Å²) in [6.07, 6.45) is -8.59. The number of aliphatic hydroxyl groups is 1. The molecule has 2 N–H and O–H groups in total. The van der Waals surface area contributed by atoms with Crippen LogP contribution in [0.3, 0.4) is 0 Å². The Labute approximate surface area is 124 Å². The van der Waals surface area contributed by atoms with E-state index in [1.54, 1.807) is 6.92 Å². The summed E-state index contributed by atoms with van der Waals surface area (Å²) in [4.78, 5) is 0. The molecule has 0 saturated carbocycles. The van der Waals surface area contributed by atoms with Crippen LogP contribution < -0.4 is 5.32 Å². The molecule has 1 aromatic rings. The highest BCUT2D eigenvalue weighted by molar-refractivity contribution is 5.33. The van der Waals surface area contributed by atoms with Gasteiger partial charge >= 0.3 is 12.4 Å². The molecule has 8 heteroatoms. The highest BCUT2D eigenvalue weighted by Crippen LogP contribution is 2.36. The standard InChI is InChI=1S/C14H17F6NO/c1-9(3-2-4-22)21-8-10-5-11(13(15,16)17)7-12(6-10)14(18,19)20/h5-7,9,21-22H,2-4,8H2,1H3. The summed E-state index contributed by atoms with van der Waals surface area (Å²) in [7, 11) is 0. The van der Waals surface area contributed by atoms with Gasteiger partial charge in [0, 0.05) is 19.2 Å². The van der Waals surface area contributed by atoms with E-state index in [9.17, 15) is 26.3 Å². The van der Waals surface area contributed by atoms with Crippen LogP contribution in [0.15, 0.2) is 18.2 Å². The van der Waals surface area contributed by atoms with Gasteiger partial charge in [0.2, 0.25) is 0 Å². The lowest BCUT2D eigenvalue weighted by Crippen LogP contribution is -2.26. The van der Waals surface area contributed by atoms with E-state index in [1.807, 2.05) is 0 Å². The molecule has 0 bridgehead atoms. The molecule has 1 atom stereocenters. The zero-order chi connectivity index (χ0) is 17.0. The zero-order valence-corrected chi connectivity index (χ0v) is 11.9. The van der Waals surface area contributed by atoms with Gasteiger partial charge in [0.05, 0.1) is 11.1 Å². The van der Waals surface area contributed by atoms with Gasteiger partial charge in [0.15, 0.2) is 0 Å². The molecule has 2 nitrogen and oxygen atoms in total. The monoisotopic (exact) mass is 329 g/mol. The molecule has 0 amide bonds. The topological polar surface area (TPSA) is 32.3 Å². The molecule has 0 spiro atoms. The Morgan fingerprint density at radius 3 is 1.91 bits per heavy atom. The average Bonchev–Trinajstić information content (AvgIpc) is 2.40. The number of benzene rings is 1. The number of nitrogens with one attached hydrogen (secondary N) is 1. The summed E-state index contributed by atoms with van der Waals surface area (Å²) in [6.45, 7) is 1.61. The molecule has 1 aromatic carbocycles. The molecule has 1 unspecified atom stereocenters. The number of hydrogen-bond donors (Lipinski definition) is 2. The van der Waals surface area contributed by atoms with Crippen molar-refractivity contribution in [2.45, 2.75) is 44.7 Å². The Morgan fingerprint density at radius 1 is 1.00 bits per heavy atom. The summed E-state index contributed by atoms with van der Waals surface area (Å²) >= 11 is 0. The third-order valence-electron chi connectivity index (χ3n) is 3.10. The van der Waals surface area contributed by atoms with E-state index in [0.717, 1.165) is 0 Å². The molecular weight excluding hydrogens is 312 g/mol. The molecule has 0 aliphatic rings. The van der Waals surface area contributed by atoms with Gasteiger partial charge < -0.3 is 10.4 Å². The van der Waals surface area contributed by atoms with Crippen LogP contribution >= 0.6 is 0 Å². The molecule has 0 aliphatic heterocycles. The first-order valence-electron chi connectivity index (χ1n) is 6.66. The van der Waals surface area contributed by atoms with Gasteiger partial charge in [0.25, 0.3) is 0 Å². The van der Waals surface area contributed by atoms with Crippen molar-refractivity contribution in [3.63, 3.8) is 0 Å². The van der Waals surface area contributed by atoms with E-state index in [-0.39, 0.29) is 30.8 Å². The largest absolute Gasteiger partial charge is 0.416 e. The molecule has 0 aliphatic carbocycles. The molecule has 22 heavy (non-hydrogen) atoms. The van der Waals surface area contributed by atoms with E-state index < -0.39 is 23.5 Å².